The second-order valence-electron chi connectivity index (χ2n) is 6.38. The highest BCUT2D eigenvalue weighted by Crippen LogP contribution is 2.32. The maximum atomic E-state index is 12.4. The molecule has 0 spiro atoms. The predicted molar refractivity (Wildman–Crippen MR) is 104 cm³/mol. The average molecular weight is 369 g/mol. The number of morpholine rings is 1. The normalized spacial score (nSPS) is 15.9. The number of amides is 1. The molecule has 1 amide bonds. The summed E-state index contributed by atoms with van der Waals surface area (Å²) in [5, 5.41) is 6.13. The van der Waals surface area contributed by atoms with Gasteiger partial charge in [-0.05, 0) is 24.3 Å². The number of nitrogens with zero attached hydrogens (tertiary/aromatic N) is 1. The van der Waals surface area contributed by atoms with Crippen molar-refractivity contribution in [1.82, 2.24) is 0 Å². The quantitative estimate of drug-likeness (QED) is 0.843. The van der Waals surface area contributed by atoms with E-state index >= 15 is 0 Å². The lowest BCUT2D eigenvalue weighted by Gasteiger charge is -2.30. The molecule has 7 nitrogen and oxygen atoms in total. The lowest BCUT2D eigenvalue weighted by molar-refractivity contribution is -0.114. The van der Waals surface area contributed by atoms with Crippen molar-refractivity contribution < 1.29 is 19.0 Å². The fraction of sp³-hybridized carbons (Fsp3) is 0.350. The van der Waals surface area contributed by atoms with Crippen LogP contribution in [-0.4, -0.2) is 52.0 Å². The van der Waals surface area contributed by atoms with Crippen LogP contribution in [0.15, 0.2) is 42.5 Å². The van der Waals surface area contributed by atoms with E-state index in [2.05, 4.69) is 15.5 Å². The highest BCUT2D eigenvalue weighted by atomic mass is 16.6. The molecule has 2 aromatic carbocycles. The first-order valence-corrected chi connectivity index (χ1v) is 9.15. The van der Waals surface area contributed by atoms with E-state index in [4.69, 9.17) is 14.2 Å². The van der Waals surface area contributed by atoms with E-state index < -0.39 is 0 Å². The third kappa shape index (κ3) is 4.25. The lowest BCUT2D eigenvalue weighted by Crippen LogP contribution is -2.37. The van der Waals surface area contributed by atoms with Crippen molar-refractivity contribution in [3.63, 3.8) is 0 Å². The fourth-order valence-corrected chi connectivity index (χ4v) is 3.19. The number of rotatable bonds is 5. The summed E-state index contributed by atoms with van der Waals surface area (Å²) in [6, 6.07) is 13.4. The summed E-state index contributed by atoms with van der Waals surface area (Å²) in [6.45, 7) is 4.31. The van der Waals surface area contributed by atoms with Gasteiger partial charge >= 0.3 is 0 Å². The average Bonchev–Trinajstić information content (AvgIpc) is 2.73. The van der Waals surface area contributed by atoms with Gasteiger partial charge in [-0.15, -0.1) is 0 Å². The minimum absolute atomic E-state index is 0.106. The van der Waals surface area contributed by atoms with Gasteiger partial charge in [-0.2, -0.15) is 0 Å². The van der Waals surface area contributed by atoms with Crippen LogP contribution in [0.2, 0.25) is 0 Å². The zero-order valence-electron chi connectivity index (χ0n) is 15.1. The van der Waals surface area contributed by atoms with Crippen molar-refractivity contribution >= 4 is 23.0 Å². The third-order valence-corrected chi connectivity index (χ3v) is 4.53. The molecule has 2 heterocycles. The van der Waals surface area contributed by atoms with Gasteiger partial charge in [0.25, 0.3) is 0 Å². The molecule has 2 aliphatic heterocycles. The van der Waals surface area contributed by atoms with Crippen LogP contribution in [0.3, 0.4) is 0 Å². The minimum Gasteiger partial charge on any atom is -0.486 e. The van der Waals surface area contributed by atoms with Gasteiger partial charge in [-0.3, -0.25) is 4.79 Å². The molecule has 1 fully saturated rings. The number of ether oxygens (including phenoxy) is 3. The van der Waals surface area contributed by atoms with Gasteiger partial charge in [0.15, 0.2) is 11.5 Å². The largest absolute Gasteiger partial charge is 0.486 e. The van der Waals surface area contributed by atoms with Gasteiger partial charge in [-0.1, -0.05) is 12.1 Å². The van der Waals surface area contributed by atoms with E-state index in [1.807, 2.05) is 42.5 Å². The van der Waals surface area contributed by atoms with Gasteiger partial charge in [0.05, 0.1) is 31.1 Å². The van der Waals surface area contributed by atoms with Gasteiger partial charge in [0.1, 0.15) is 13.2 Å². The summed E-state index contributed by atoms with van der Waals surface area (Å²) in [5.41, 5.74) is 2.65. The number of hydrogen-bond donors (Lipinski definition) is 2. The number of carbonyl (C=O) groups excluding carboxylic acids is 1. The van der Waals surface area contributed by atoms with Crippen LogP contribution in [0.1, 0.15) is 0 Å². The number of benzene rings is 2. The van der Waals surface area contributed by atoms with E-state index in [-0.39, 0.29) is 12.5 Å². The molecule has 4 rings (SSSR count). The molecule has 7 heteroatoms. The molecule has 2 aromatic rings. The molecule has 0 atom stereocenters. The van der Waals surface area contributed by atoms with Gasteiger partial charge in [0, 0.05) is 24.8 Å². The molecule has 0 radical (unpaired) electrons. The SMILES string of the molecule is O=C(CNc1ccc2c(c1)OCCO2)Nc1ccccc1N1CCOCC1. The number of fused-ring (bicyclic) bond motifs is 1. The third-order valence-electron chi connectivity index (χ3n) is 4.53. The molecular weight excluding hydrogens is 346 g/mol. The Kier molecular flexibility index (Phi) is 5.29. The molecule has 0 bridgehead atoms. The Balaban J connectivity index is 1.37. The number of para-hydroxylation sites is 2. The second kappa shape index (κ2) is 8.18. The predicted octanol–water partition coefficient (Wildman–Crippen LogP) is 2.34. The van der Waals surface area contributed by atoms with E-state index in [0.29, 0.717) is 32.2 Å². The molecule has 142 valence electrons. The first kappa shape index (κ1) is 17.5. The summed E-state index contributed by atoms with van der Waals surface area (Å²) in [7, 11) is 0. The van der Waals surface area contributed by atoms with Crippen LogP contribution in [-0.2, 0) is 9.53 Å². The van der Waals surface area contributed by atoms with Crippen LogP contribution in [0.5, 0.6) is 11.5 Å². The highest BCUT2D eigenvalue weighted by molar-refractivity contribution is 5.96. The molecule has 2 N–H and O–H groups in total. The fourth-order valence-electron chi connectivity index (χ4n) is 3.19. The molecule has 2 aliphatic rings. The summed E-state index contributed by atoms with van der Waals surface area (Å²) in [6.07, 6.45) is 0. The monoisotopic (exact) mass is 369 g/mol. The zero-order valence-corrected chi connectivity index (χ0v) is 15.1. The standard InChI is InChI=1S/C20H23N3O4/c24-20(14-21-15-5-6-18-19(13-15)27-12-11-26-18)22-16-3-1-2-4-17(16)23-7-9-25-10-8-23/h1-6,13,21H,7-12,14H2,(H,22,24). The summed E-state index contributed by atoms with van der Waals surface area (Å²) >= 11 is 0. The van der Waals surface area contributed by atoms with Gasteiger partial charge in [-0.25, -0.2) is 0 Å². The lowest BCUT2D eigenvalue weighted by atomic mass is 10.2. The Bertz CT molecular complexity index is 806. The molecule has 27 heavy (non-hydrogen) atoms. The Hall–Kier alpha value is -2.93. The van der Waals surface area contributed by atoms with E-state index in [1.54, 1.807) is 0 Å². The van der Waals surface area contributed by atoms with Crippen molar-refractivity contribution in [1.29, 1.82) is 0 Å². The second-order valence-corrected chi connectivity index (χ2v) is 6.38. The smallest absolute Gasteiger partial charge is 0.243 e. The van der Waals surface area contributed by atoms with E-state index in [9.17, 15) is 4.79 Å². The van der Waals surface area contributed by atoms with Crippen molar-refractivity contribution in [3.05, 3.63) is 42.5 Å². The Morgan fingerprint density at radius 3 is 2.59 bits per heavy atom. The summed E-state index contributed by atoms with van der Waals surface area (Å²) in [5.74, 6) is 1.32. The van der Waals surface area contributed by atoms with E-state index in [0.717, 1.165) is 35.9 Å². The highest BCUT2D eigenvalue weighted by Gasteiger charge is 2.16. The Morgan fingerprint density at radius 1 is 0.963 bits per heavy atom. The summed E-state index contributed by atoms with van der Waals surface area (Å²) in [4.78, 5) is 14.7. The van der Waals surface area contributed by atoms with Crippen LogP contribution in [0.25, 0.3) is 0 Å². The van der Waals surface area contributed by atoms with Crippen LogP contribution in [0.4, 0.5) is 17.1 Å². The Morgan fingerprint density at radius 2 is 1.74 bits per heavy atom. The first-order chi connectivity index (χ1) is 13.3. The number of anilines is 3. The molecule has 1 saturated heterocycles. The first-order valence-electron chi connectivity index (χ1n) is 9.15. The van der Waals surface area contributed by atoms with Crippen molar-refractivity contribution in [2.75, 3.05) is 61.6 Å². The van der Waals surface area contributed by atoms with Crippen LogP contribution < -0.4 is 25.0 Å². The zero-order chi connectivity index (χ0) is 18.5. The minimum atomic E-state index is -0.106. The topological polar surface area (TPSA) is 72.1 Å². The number of carbonyl (C=O) groups is 1. The summed E-state index contributed by atoms with van der Waals surface area (Å²) < 4.78 is 16.5. The van der Waals surface area contributed by atoms with E-state index in [1.165, 1.54) is 0 Å². The van der Waals surface area contributed by atoms with Gasteiger partial charge in [0.2, 0.25) is 5.91 Å². The maximum Gasteiger partial charge on any atom is 0.243 e. The van der Waals surface area contributed by atoms with Crippen molar-refractivity contribution in [2.45, 2.75) is 0 Å². The van der Waals surface area contributed by atoms with Crippen molar-refractivity contribution in [3.8, 4) is 11.5 Å². The molecular formula is C20H23N3O4. The molecule has 0 saturated carbocycles. The van der Waals surface area contributed by atoms with Crippen LogP contribution in [0, 0.1) is 0 Å². The molecule has 0 aliphatic carbocycles. The molecule has 0 aromatic heterocycles. The number of hydrogen-bond acceptors (Lipinski definition) is 6. The number of nitrogens with one attached hydrogen (secondary N) is 2. The molecule has 0 unspecified atom stereocenters. The van der Waals surface area contributed by atoms with Crippen molar-refractivity contribution in [2.24, 2.45) is 0 Å². The van der Waals surface area contributed by atoms with Gasteiger partial charge < -0.3 is 29.7 Å². The maximum absolute atomic E-state index is 12.4. The Labute approximate surface area is 158 Å². The van der Waals surface area contributed by atoms with Crippen LogP contribution >= 0.6 is 0 Å².